The maximum atomic E-state index is 11.9. The summed E-state index contributed by atoms with van der Waals surface area (Å²) in [6, 6.07) is 11.1. The third-order valence-electron chi connectivity index (χ3n) is 6.57. The molecule has 0 heterocycles. The molecular formula is C28H34O7. The van der Waals surface area contributed by atoms with Crippen molar-refractivity contribution >= 4 is 17.9 Å². The Morgan fingerprint density at radius 2 is 1.51 bits per heavy atom. The second-order valence-electron chi connectivity index (χ2n) is 8.58. The Kier molecular flexibility index (Phi) is 8.43. The number of carboxylic acid groups (broad SMARTS) is 2. The van der Waals surface area contributed by atoms with Gasteiger partial charge < -0.3 is 24.4 Å². The van der Waals surface area contributed by atoms with E-state index in [-0.39, 0.29) is 0 Å². The van der Waals surface area contributed by atoms with Gasteiger partial charge in [0.1, 0.15) is 5.75 Å². The van der Waals surface area contributed by atoms with Gasteiger partial charge in [-0.2, -0.15) is 0 Å². The van der Waals surface area contributed by atoms with E-state index in [1.165, 1.54) is 0 Å². The van der Waals surface area contributed by atoms with Crippen molar-refractivity contribution in [2.45, 2.75) is 71.5 Å². The van der Waals surface area contributed by atoms with Crippen molar-refractivity contribution in [3.8, 4) is 5.75 Å². The zero-order valence-electron chi connectivity index (χ0n) is 20.8. The minimum atomic E-state index is -2.06. The van der Waals surface area contributed by atoms with Gasteiger partial charge >= 0.3 is 18.1 Å². The summed E-state index contributed by atoms with van der Waals surface area (Å²) in [5, 5.41) is 19.4. The highest BCUT2D eigenvalue weighted by Gasteiger charge is 2.53. The van der Waals surface area contributed by atoms with Crippen LogP contribution in [0.5, 0.6) is 5.75 Å². The molecule has 2 N–H and O–H groups in total. The van der Waals surface area contributed by atoms with Gasteiger partial charge in [0.15, 0.2) is 0 Å². The number of unbranched alkanes of at least 4 members (excludes halogenated alkanes) is 3. The minimum absolute atomic E-state index is 0.410. The highest BCUT2D eigenvalue weighted by Crippen LogP contribution is 2.54. The summed E-state index contributed by atoms with van der Waals surface area (Å²) in [6.45, 7) is 6.21. The molecule has 0 aliphatic heterocycles. The van der Waals surface area contributed by atoms with Crippen LogP contribution in [0.1, 0.15) is 80.7 Å². The van der Waals surface area contributed by atoms with Crippen molar-refractivity contribution in [2.24, 2.45) is 0 Å². The number of methoxy groups -OCH3 is 1. The molecule has 0 radical (unpaired) electrons. The summed E-state index contributed by atoms with van der Waals surface area (Å²) in [5.41, 5.74) is 5.47. The van der Waals surface area contributed by atoms with E-state index in [1.807, 2.05) is 37.3 Å². The minimum Gasteiger partial charge on any atom is -0.497 e. The van der Waals surface area contributed by atoms with Crippen LogP contribution < -0.4 is 4.74 Å². The predicted molar refractivity (Wildman–Crippen MR) is 133 cm³/mol. The summed E-state index contributed by atoms with van der Waals surface area (Å²) in [7, 11) is 1.59. The fraction of sp³-hybridized carbons (Fsp3) is 0.429. The normalized spacial score (nSPS) is 13.9. The summed E-state index contributed by atoms with van der Waals surface area (Å²) in [5.74, 6) is -1.38. The Morgan fingerprint density at radius 3 is 2.03 bits per heavy atom. The third kappa shape index (κ3) is 5.14. The average Bonchev–Trinajstić information content (AvgIpc) is 3.09. The first-order chi connectivity index (χ1) is 16.8. The molecule has 0 atom stereocenters. The summed E-state index contributed by atoms with van der Waals surface area (Å²) < 4.78 is 16.1. The van der Waals surface area contributed by atoms with Crippen LogP contribution in [-0.2, 0) is 28.1 Å². The molecule has 1 aliphatic rings. The van der Waals surface area contributed by atoms with Gasteiger partial charge in [0.2, 0.25) is 0 Å². The van der Waals surface area contributed by atoms with Crippen molar-refractivity contribution in [3.63, 3.8) is 0 Å². The van der Waals surface area contributed by atoms with Crippen molar-refractivity contribution in [3.05, 3.63) is 69.8 Å². The van der Waals surface area contributed by atoms with Crippen LogP contribution >= 0.6 is 0 Å². The van der Waals surface area contributed by atoms with Crippen molar-refractivity contribution in [2.75, 3.05) is 7.11 Å². The van der Waals surface area contributed by atoms with E-state index in [1.54, 1.807) is 13.2 Å². The molecule has 0 unspecified atom stereocenters. The number of hydrogen-bond acceptors (Lipinski definition) is 5. The quantitative estimate of drug-likeness (QED) is 0.199. The molecule has 7 heteroatoms. The Hall–Kier alpha value is -3.48. The molecule has 188 valence electrons. The average molecular weight is 483 g/mol. The van der Waals surface area contributed by atoms with E-state index in [9.17, 15) is 19.8 Å². The van der Waals surface area contributed by atoms with Crippen LogP contribution in [-0.4, -0.2) is 29.6 Å². The Morgan fingerprint density at radius 1 is 0.857 bits per heavy atom. The van der Waals surface area contributed by atoms with Crippen LogP contribution in [0.3, 0.4) is 0 Å². The van der Waals surface area contributed by atoms with Crippen molar-refractivity contribution in [1.29, 1.82) is 0 Å². The van der Waals surface area contributed by atoms with Gasteiger partial charge in [-0.1, -0.05) is 58.2 Å². The molecule has 2 aromatic carbocycles. The summed E-state index contributed by atoms with van der Waals surface area (Å²) >= 11 is 0. The number of hydrogen-bond donors (Lipinski definition) is 2. The number of benzene rings is 2. The van der Waals surface area contributed by atoms with Crippen LogP contribution in [0, 0.1) is 0 Å². The highest BCUT2D eigenvalue weighted by molar-refractivity contribution is 5.92. The lowest BCUT2D eigenvalue weighted by atomic mass is 9.88. The predicted octanol–water partition coefficient (Wildman–Crippen LogP) is 7.15. The molecule has 0 saturated carbocycles. The molecule has 0 aromatic heterocycles. The second-order valence-corrected chi connectivity index (χ2v) is 8.58. The van der Waals surface area contributed by atoms with Crippen LogP contribution in [0.4, 0.5) is 9.59 Å². The molecule has 0 amide bonds. The van der Waals surface area contributed by atoms with E-state index in [2.05, 4.69) is 13.8 Å². The summed E-state index contributed by atoms with van der Waals surface area (Å²) in [4.78, 5) is 23.9. The first-order valence-electron chi connectivity index (χ1n) is 12.2. The molecule has 0 saturated heterocycles. The molecule has 1 aliphatic carbocycles. The largest absolute Gasteiger partial charge is 0.509 e. The number of rotatable bonds is 11. The SMILES string of the molecule is CCCCCCC1=C(c2ccc(OC)cc2)c2c(ccc(CC)c2CC)C1(OC(=O)O)OC(=O)O. The third-order valence-corrected chi connectivity index (χ3v) is 6.57. The maximum Gasteiger partial charge on any atom is 0.509 e. The molecule has 3 rings (SSSR count). The molecule has 0 bridgehead atoms. The maximum absolute atomic E-state index is 11.9. The first-order valence-corrected chi connectivity index (χ1v) is 12.2. The van der Waals surface area contributed by atoms with E-state index in [0.717, 1.165) is 59.9 Å². The smallest absolute Gasteiger partial charge is 0.497 e. The molecular weight excluding hydrogens is 448 g/mol. The van der Waals surface area contributed by atoms with Gasteiger partial charge in [-0.05, 0) is 71.7 Å². The number of ether oxygens (including phenoxy) is 3. The van der Waals surface area contributed by atoms with Crippen LogP contribution in [0.25, 0.3) is 5.57 Å². The molecule has 35 heavy (non-hydrogen) atoms. The number of carbonyl (C=O) groups is 2. The van der Waals surface area contributed by atoms with Gasteiger partial charge in [0.05, 0.1) is 7.11 Å². The van der Waals surface area contributed by atoms with Gasteiger partial charge in [0, 0.05) is 11.1 Å². The monoisotopic (exact) mass is 482 g/mol. The van der Waals surface area contributed by atoms with E-state index < -0.39 is 18.1 Å². The van der Waals surface area contributed by atoms with E-state index in [0.29, 0.717) is 29.7 Å². The van der Waals surface area contributed by atoms with Crippen molar-refractivity contribution in [1.82, 2.24) is 0 Å². The Labute approximate surface area is 206 Å². The first kappa shape index (κ1) is 26.1. The molecule has 2 aromatic rings. The number of fused-ring (bicyclic) bond motifs is 1. The fourth-order valence-electron chi connectivity index (χ4n) is 5.06. The summed E-state index contributed by atoms with van der Waals surface area (Å²) in [6.07, 6.45) is 2.42. The lowest BCUT2D eigenvalue weighted by molar-refractivity contribution is -0.163. The fourth-order valence-corrected chi connectivity index (χ4v) is 5.06. The van der Waals surface area contributed by atoms with Gasteiger partial charge in [0.25, 0.3) is 0 Å². The zero-order valence-corrected chi connectivity index (χ0v) is 20.8. The lowest BCUT2D eigenvalue weighted by Crippen LogP contribution is -2.37. The van der Waals surface area contributed by atoms with Gasteiger partial charge in [-0.25, -0.2) is 9.59 Å². The van der Waals surface area contributed by atoms with E-state index >= 15 is 0 Å². The standard InChI is InChI=1S/C28H34O7/c1-5-8-9-10-11-22-24(19-12-15-20(33-4)16-13-19)25-21(7-3)18(6-2)14-17-23(25)28(22,34-26(29)30)35-27(31)32/h12-17H,5-11H2,1-4H3,(H,29,30)(H,31,32). The van der Waals surface area contributed by atoms with Crippen LogP contribution in [0.2, 0.25) is 0 Å². The van der Waals surface area contributed by atoms with Crippen molar-refractivity contribution < 1.29 is 34.0 Å². The molecule has 0 fully saturated rings. The number of aryl methyl sites for hydroxylation is 1. The Bertz CT molecular complexity index is 1080. The van der Waals surface area contributed by atoms with Crippen LogP contribution in [0.15, 0.2) is 42.0 Å². The topological polar surface area (TPSA) is 102 Å². The van der Waals surface area contributed by atoms with E-state index in [4.69, 9.17) is 14.2 Å². The molecule has 0 spiro atoms. The highest BCUT2D eigenvalue weighted by atomic mass is 16.8. The Balaban J connectivity index is 2.39. The van der Waals surface area contributed by atoms with Gasteiger partial charge in [-0.15, -0.1) is 0 Å². The zero-order chi connectivity index (χ0) is 25.6. The molecule has 7 nitrogen and oxygen atoms in total. The lowest BCUT2D eigenvalue weighted by Gasteiger charge is -2.30. The van der Waals surface area contributed by atoms with Gasteiger partial charge in [-0.3, -0.25) is 0 Å². The second kappa shape index (κ2) is 11.3.